The molecular formula is C20H28N2O2. The number of aryl methyl sites for hydroxylation is 2. The fraction of sp³-hybridized carbons (Fsp3) is 0.450. The van der Waals surface area contributed by atoms with Gasteiger partial charge in [-0.15, -0.1) is 0 Å². The third-order valence-corrected chi connectivity index (χ3v) is 4.19. The lowest BCUT2D eigenvalue weighted by Gasteiger charge is -2.29. The lowest BCUT2D eigenvalue weighted by molar-refractivity contribution is 0.169. The van der Waals surface area contributed by atoms with Crippen molar-refractivity contribution in [3.8, 4) is 0 Å². The molecule has 0 spiro atoms. The van der Waals surface area contributed by atoms with E-state index in [1.807, 2.05) is 32.9 Å². The molecule has 0 fully saturated rings. The molecule has 1 unspecified atom stereocenters. The van der Waals surface area contributed by atoms with Gasteiger partial charge >= 0.3 is 6.03 Å². The van der Waals surface area contributed by atoms with E-state index in [1.54, 1.807) is 4.90 Å². The maximum absolute atomic E-state index is 12.8. The lowest BCUT2D eigenvalue weighted by Crippen LogP contribution is -2.44. The first-order chi connectivity index (χ1) is 11.4. The number of nitrogens with one attached hydrogen (secondary N) is 1. The molecule has 4 heteroatoms. The van der Waals surface area contributed by atoms with Crippen LogP contribution in [0.2, 0.25) is 0 Å². The van der Waals surface area contributed by atoms with E-state index in [0.29, 0.717) is 6.54 Å². The minimum atomic E-state index is -0.0634. The molecule has 0 bridgehead atoms. The van der Waals surface area contributed by atoms with Gasteiger partial charge in [-0.05, 0) is 51.8 Å². The van der Waals surface area contributed by atoms with E-state index in [0.717, 1.165) is 23.5 Å². The number of nitrogens with zero attached hydrogens (tertiary/aromatic N) is 1. The molecule has 2 rings (SSSR count). The van der Waals surface area contributed by atoms with Crippen LogP contribution in [0.3, 0.4) is 0 Å². The molecule has 2 amide bonds. The predicted octanol–water partition coefficient (Wildman–Crippen LogP) is 4.97. The Hall–Kier alpha value is -2.23. The molecule has 0 aliphatic heterocycles. The fourth-order valence-electron chi connectivity index (χ4n) is 2.68. The molecule has 0 radical (unpaired) electrons. The van der Waals surface area contributed by atoms with E-state index >= 15 is 0 Å². The van der Waals surface area contributed by atoms with Crippen LogP contribution in [-0.2, 0) is 6.54 Å². The van der Waals surface area contributed by atoms with Gasteiger partial charge in [-0.1, -0.05) is 36.8 Å². The Bertz CT molecular complexity index is 659. The van der Waals surface area contributed by atoms with Crippen molar-refractivity contribution in [3.63, 3.8) is 0 Å². The summed E-state index contributed by atoms with van der Waals surface area (Å²) in [6, 6.07) is 12.2. The number of urea groups is 1. The van der Waals surface area contributed by atoms with E-state index in [2.05, 4.69) is 43.4 Å². The molecule has 24 heavy (non-hydrogen) atoms. The largest absolute Gasteiger partial charge is 0.464 e. The number of benzene rings is 1. The van der Waals surface area contributed by atoms with Crippen molar-refractivity contribution in [1.82, 2.24) is 10.2 Å². The first-order valence-corrected chi connectivity index (χ1v) is 8.59. The SMILES string of the molecule is CCC(NC(=O)N(Cc1ccc(C)o1)C(C)C)c1ccc(C)cc1. The lowest BCUT2D eigenvalue weighted by atomic mass is 10.0. The Kier molecular flexibility index (Phi) is 6.07. The van der Waals surface area contributed by atoms with Crippen molar-refractivity contribution in [2.75, 3.05) is 0 Å². The van der Waals surface area contributed by atoms with Gasteiger partial charge in [0.05, 0.1) is 12.6 Å². The normalized spacial score (nSPS) is 12.2. The summed E-state index contributed by atoms with van der Waals surface area (Å²) in [6.45, 7) is 10.6. The summed E-state index contributed by atoms with van der Waals surface area (Å²) in [4.78, 5) is 14.6. The van der Waals surface area contributed by atoms with Crippen LogP contribution in [0.25, 0.3) is 0 Å². The average Bonchev–Trinajstić information content (AvgIpc) is 2.96. The van der Waals surface area contributed by atoms with Crippen LogP contribution in [0.5, 0.6) is 0 Å². The Balaban J connectivity index is 2.09. The number of hydrogen-bond acceptors (Lipinski definition) is 2. The second-order valence-electron chi connectivity index (χ2n) is 6.56. The van der Waals surface area contributed by atoms with Gasteiger partial charge in [-0.2, -0.15) is 0 Å². The second-order valence-corrected chi connectivity index (χ2v) is 6.56. The smallest absolute Gasteiger partial charge is 0.318 e. The molecule has 0 aliphatic carbocycles. The Labute approximate surface area is 144 Å². The number of amides is 2. The van der Waals surface area contributed by atoms with Gasteiger partial charge in [0.2, 0.25) is 0 Å². The summed E-state index contributed by atoms with van der Waals surface area (Å²) < 4.78 is 5.62. The third kappa shape index (κ3) is 4.63. The van der Waals surface area contributed by atoms with E-state index in [-0.39, 0.29) is 18.1 Å². The quantitative estimate of drug-likeness (QED) is 0.814. The highest BCUT2D eigenvalue weighted by atomic mass is 16.3. The van der Waals surface area contributed by atoms with Gasteiger partial charge in [0.15, 0.2) is 0 Å². The van der Waals surface area contributed by atoms with Gasteiger partial charge in [0.25, 0.3) is 0 Å². The number of hydrogen-bond donors (Lipinski definition) is 1. The number of furan rings is 1. The van der Waals surface area contributed by atoms with Crippen molar-refractivity contribution in [1.29, 1.82) is 0 Å². The zero-order valence-corrected chi connectivity index (χ0v) is 15.3. The van der Waals surface area contributed by atoms with Crippen LogP contribution in [0, 0.1) is 13.8 Å². The fourth-order valence-corrected chi connectivity index (χ4v) is 2.68. The molecule has 1 heterocycles. The molecule has 1 N–H and O–H groups in total. The Morgan fingerprint density at radius 2 is 1.79 bits per heavy atom. The molecule has 1 aromatic heterocycles. The standard InChI is InChI=1S/C20H28N2O2/c1-6-19(17-10-7-15(4)8-11-17)21-20(23)22(14(2)3)13-18-12-9-16(5)24-18/h7-12,14,19H,6,13H2,1-5H3,(H,21,23). The van der Waals surface area contributed by atoms with E-state index in [4.69, 9.17) is 4.42 Å². The molecular weight excluding hydrogens is 300 g/mol. The summed E-state index contributed by atoms with van der Waals surface area (Å²) in [5.41, 5.74) is 2.35. The van der Waals surface area contributed by atoms with Crippen molar-refractivity contribution < 1.29 is 9.21 Å². The van der Waals surface area contributed by atoms with Gasteiger partial charge in [0, 0.05) is 6.04 Å². The zero-order valence-electron chi connectivity index (χ0n) is 15.3. The summed E-state index contributed by atoms with van der Waals surface area (Å²) in [5.74, 6) is 1.67. The molecule has 0 saturated carbocycles. The molecule has 0 saturated heterocycles. The van der Waals surface area contributed by atoms with Crippen LogP contribution >= 0.6 is 0 Å². The highest BCUT2D eigenvalue weighted by Gasteiger charge is 2.21. The van der Waals surface area contributed by atoms with Crippen LogP contribution in [0.4, 0.5) is 4.79 Å². The highest BCUT2D eigenvalue weighted by molar-refractivity contribution is 5.75. The van der Waals surface area contributed by atoms with Gasteiger partial charge in [0.1, 0.15) is 11.5 Å². The minimum absolute atomic E-state index is 0.0117. The van der Waals surface area contributed by atoms with Crippen LogP contribution in [0.1, 0.15) is 55.9 Å². The topological polar surface area (TPSA) is 45.5 Å². The molecule has 0 aliphatic rings. The Morgan fingerprint density at radius 3 is 2.29 bits per heavy atom. The van der Waals surface area contributed by atoms with Crippen LogP contribution in [0.15, 0.2) is 40.8 Å². The molecule has 2 aromatic rings. The van der Waals surface area contributed by atoms with Crippen molar-refractivity contribution in [2.45, 2.75) is 59.7 Å². The monoisotopic (exact) mass is 328 g/mol. The highest BCUT2D eigenvalue weighted by Crippen LogP contribution is 2.19. The number of rotatable bonds is 6. The van der Waals surface area contributed by atoms with E-state index < -0.39 is 0 Å². The van der Waals surface area contributed by atoms with E-state index in [9.17, 15) is 4.79 Å². The van der Waals surface area contributed by atoms with E-state index in [1.165, 1.54) is 5.56 Å². The molecule has 1 atom stereocenters. The summed E-state index contributed by atoms with van der Waals surface area (Å²) in [5, 5.41) is 3.16. The Morgan fingerprint density at radius 1 is 1.12 bits per heavy atom. The molecule has 4 nitrogen and oxygen atoms in total. The second kappa shape index (κ2) is 8.04. The van der Waals surface area contributed by atoms with Crippen LogP contribution < -0.4 is 5.32 Å². The predicted molar refractivity (Wildman–Crippen MR) is 96.9 cm³/mol. The van der Waals surface area contributed by atoms with Gasteiger partial charge in [-0.3, -0.25) is 0 Å². The van der Waals surface area contributed by atoms with Gasteiger partial charge < -0.3 is 14.6 Å². The number of carbonyl (C=O) groups is 1. The van der Waals surface area contributed by atoms with Crippen LogP contribution in [-0.4, -0.2) is 17.0 Å². The van der Waals surface area contributed by atoms with Crippen molar-refractivity contribution >= 4 is 6.03 Å². The average molecular weight is 328 g/mol. The van der Waals surface area contributed by atoms with Gasteiger partial charge in [-0.25, -0.2) is 4.79 Å². The number of carbonyl (C=O) groups excluding carboxylic acids is 1. The maximum atomic E-state index is 12.8. The molecule has 1 aromatic carbocycles. The summed E-state index contributed by atoms with van der Waals surface area (Å²) >= 11 is 0. The summed E-state index contributed by atoms with van der Waals surface area (Å²) in [7, 11) is 0. The first kappa shape index (κ1) is 18.1. The molecule has 130 valence electrons. The zero-order chi connectivity index (χ0) is 17.7. The maximum Gasteiger partial charge on any atom is 0.318 e. The summed E-state index contributed by atoms with van der Waals surface area (Å²) in [6.07, 6.45) is 0.848. The first-order valence-electron chi connectivity index (χ1n) is 8.59. The van der Waals surface area contributed by atoms with Crippen molar-refractivity contribution in [2.24, 2.45) is 0 Å². The minimum Gasteiger partial charge on any atom is -0.464 e. The third-order valence-electron chi connectivity index (χ3n) is 4.19. The van der Waals surface area contributed by atoms with Crippen molar-refractivity contribution in [3.05, 3.63) is 59.0 Å².